The van der Waals surface area contributed by atoms with E-state index in [1.807, 2.05) is 0 Å². The van der Waals surface area contributed by atoms with Gasteiger partial charge in [-0.2, -0.15) is 0 Å². The monoisotopic (exact) mass is 242 g/mol. The van der Waals surface area contributed by atoms with Gasteiger partial charge < -0.3 is 10.6 Å². The van der Waals surface area contributed by atoms with Gasteiger partial charge in [0.25, 0.3) is 0 Å². The maximum Gasteiger partial charge on any atom is 0.143 e. The van der Waals surface area contributed by atoms with Crippen molar-refractivity contribution < 1.29 is 4.39 Å². The van der Waals surface area contributed by atoms with Crippen LogP contribution < -0.4 is 10.6 Å². The van der Waals surface area contributed by atoms with Gasteiger partial charge in [0.15, 0.2) is 0 Å². The van der Waals surface area contributed by atoms with Crippen LogP contribution in [0.4, 0.5) is 15.8 Å². The SMILES string of the molecule is CCC1CCN(c2cc(Cl)c(F)cc2N)C1. The molecule has 1 fully saturated rings. The van der Waals surface area contributed by atoms with Gasteiger partial charge in [-0.05, 0) is 18.4 Å². The number of halogens is 2. The Balaban J connectivity index is 2.24. The summed E-state index contributed by atoms with van der Waals surface area (Å²) in [5.74, 6) is 0.261. The molecule has 2 N–H and O–H groups in total. The molecule has 16 heavy (non-hydrogen) atoms. The van der Waals surface area contributed by atoms with Crippen molar-refractivity contribution in [2.45, 2.75) is 19.8 Å². The van der Waals surface area contributed by atoms with Crippen LogP contribution in [0.1, 0.15) is 19.8 Å². The van der Waals surface area contributed by atoms with Gasteiger partial charge >= 0.3 is 0 Å². The van der Waals surface area contributed by atoms with Crippen molar-refractivity contribution in [1.29, 1.82) is 0 Å². The average molecular weight is 243 g/mol. The van der Waals surface area contributed by atoms with E-state index in [2.05, 4.69) is 11.8 Å². The number of nitrogens with two attached hydrogens (primary N) is 1. The van der Waals surface area contributed by atoms with Crippen LogP contribution >= 0.6 is 11.6 Å². The van der Waals surface area contributed by atoms with Crippen LogP contribution in [-0.4, -0.2) is 13.1 Å². The predicted molar refractivity (Wildman–Crippen MR) is 66.4 cm³/mol. The van der Waals surface area contributed by atoms with Crippen LogP contribution in [0.2, 0.25) is 5.02 Å². The van der Waals surface area contributed by atoms with Gasteiger partial charge in [-0.3, -0.25) is 0 Å². The highest BCUT2D eigenvalue weighted by Gasteiger charge is 2.23. The van der Waals surface area contributed by atoms with Crippen LogP contribution in [-0.2, 0) is 0 Å². The second-order valence-electron chi connectivity index (χ2n) is 4.33. The largest absolute Gasteiger partial charge is 0.397 e. The molecule has 0 spiro atoms. The number of nitrogen functional groups attached to an aromatic ring is 1. The van der Waals surface area contributed by atoms with E-state index < -0.39 is 5.82 Å². The van der Waals surface area contributed by atoms with Gasteiger partial charge in [0.05, 0.1) is 16.4 Å². The first kappa shape index (κ1) is 11.5. The van der Waals surface area contributed by atoms with Crippen molar-refractivity contribution in [3.05, 3.63) is 23.0 Å². The number of hydrogen-bond donors (Lipinski definition) is 1. The molecule has 1 heterocycles. The van der Waals surface area contributed by atoms with Gasteiger partial charge in [-0.1, -0.05) is 24.9 Å². The highest BCUT2D eigenvalue weighted by atomic mass is 35.5. The predicted octanol–water partition coefficient (Wildman–Crippen LogP) is 3.30. The van der Waals surface area contributed by atoms with Gasteiger partial charge in [0.2, 0.25) is 0 Å². The van der Waals surface area contributed by atoms with Crippen LogP contribution in [0, 0.1) is 11.7 Å². The fraction of sp³-hybridized carbons (Fsp3) is 0.500. The smallest absolute Gasteiger partial charge is 0.143 e. The lowest BCUT2D eigenvalue weighted by molar-refractivity contribution is 0.569. The minimum Gasteiger partial charge on any atom is -0.397 e. The second-order valence-corrected chi connectivity index (χ2v) is 4.74. The van der Waals surface area contributed by atoms with Crippen molar-refractivity contribution in [2.24, 2.45) is 5.92 Å². The maximum atomic E-state index is 13.2. The van der Waals surface area contributed by atoms with Gasteiger partial charge in [-0.15, -0.1) is 0 Å². The molecule has 1 saturated heterocycles. The molecule has 2 nitrogen and oxygen atoms in total. The third-order valence-electron chi connectivity index (χ3n) is 3.27. The van der Waals surface area contributed by atoms with E-state index in [9.17, 15) is 4.39 Å². The lowest BCUT2D eigenvalue weighted by atomic mass is 10.1. The van der Waals surface area contributed by atoms with Gasteiger partial charge in [-0.25, -0.2) is 4.39 Å². The zero-order chi connectivity index (χ0) is 11.7. The lowest BCUT2D eigenvalue weighted by Crippen LogP contribution is -2.20. The summed E-state index contributed by atoms with van der Waals surface area (Å²) in [7, 11) is 0. The topological polar surface area (TPSA) is 29.3 Å². The lowest BCUT2D eigenvalue weighted by Gasteiger charge is -2.21. The van der Waals surface area contributed by atoms with E-state index in [-0.39, 0.29) is 5.02 Å². The number of nitrogens with zero attached hydrogens (tertiary/aromatic N) is 1. The fourth-order valence-corrected chi connectivity index (χ4v) is 2.37. The molecule has 1 aliphatic heterocycles. The van der Waals surface area contributed by atoms with E-state index >= 15 is 0 Å². The van der Waals surface area contributed by atoms with E-state index in [0.717, 1.165) is 18.8 Å². The highest BCUT2D eigenvalue weighted by Crippen LogP contribution is 2.33. The Labute approximate surface area is 100 Å². The summed E-state index contributed by atoms with van der Waals surface area (Å²) in [6, 6.07) is 2.93. The molecular formula is C12H16ClFN2. The molecule has 1 aromatic carbocycles. The molecule has 2 rings (SSSR count). The van der Waals surface area contributed by atoms with E-state index in [1.54, 1.807) is 6.07 Å². The molecule has 0 amide bonds. The van der Waals surface area contributed by atoms with Crippen molar-refractivity contribution >= 4 is 23.0 Å². The highest BCUT2D eigenvalue weighted by molar-refractivity contribution is 6.31. The molecular weight excluding hydrogens is 227 g/mol. The number of anilines is 2. The Morgan fingerprint density at radius 2 is 2.31 bits per heavy atom. The first-order valence-electron chi connectivity index (χ1n) is 5.61. The van der Waals surface area contributed by atoms with Crippen LogP contribution in [0.3, 0.4) is 0 Å². The van der Waals surface area contributed by atoms with Crippen LogP contribution in [0.25, 0.3) is 0 Å². The van der Waals surface area contributed by atoms with E-state index in [0.29, 0.717) is 11.6 Å². The summed E-state index contributed by atoms with van der Waals surface area (Å²) in [5.41, 5.74) is 7.15. The summed E-state index contributed by atoms with van der Waals surface area (Å²) in [6.07, 6.45) is 2.34. The van der Waals surface area contributed by atoms with Gasteiger partial charge in [0, 0.05) is 19.2 Å². The van der Waals surface area contributed by atoms with Gasteiger partial charge in [0.1, 0.15) is 5.82 Å². The number of hydrogen-bond acceptors (Lipinski definition) is 2. The van der Waals surface area contributed by atoms with Crippen molar-refractivity contribution in [2.75, 3.05) is 23.7 Å². The van der Waals surface area contributed by atoms with Crippen LogP contribution in [0.15, 0.2) is 12.1 Å². The molecule has 0 bridgehead atoms. The molecule has 1 atom stereocenters. The van der Waals surface area contributed by atoms with E-state index in [1.165, 1.54) is 18.9 Å². The zero-order valence-electron chi connectivity index (χ0n) is 9.34. The maximum absolute atomic E-state index is 13.2. The second kappa shape index (κ2) is 4.50. The first-order valence-corrected chi connectivity index (χ1v) is 5.99. The first-order chi connectivity index (χ1) is 7.61. The Kier molecular flexibility index (Phi) is 3.24. The van der Waals surface area contributed by atoms with Crippen molar-refractivity contribution in [3.8, 4) is 0 Å². The Bertz CT molecular complexity index is 395. The molecule has 0 aromatic heterocycles. The van der Waals surface area contributed by atoms with E-state index in [4.69, 9.17) is 17.3 Å². The average Bonchev–Trinajstić information content (AvgIpc) is 2.71. The molecule has 0 radical (unpaired) electrons. The molecule has 88 valence electrons. The Morgan fingerprint density at radius 3 is 2.94 bits per heavy atom. The summed E-state index contributed by atoms with van der Waals surface area (Å²) < 4.78 is 13.2. The minimum atomic E-state index is -0.450. The summed E-state index contributed by atoms with van der Waals surface area (Å²) in [4.78, 5) is 2.19. The minimum absolute atomic E-state index is 0.143. The zero-order valence-corrected chi connectivity index (χ0v) is 10.1. The number of rotatable bonds is 2. The molecule has 0 aliphatic carbocycles. The molecule has 0 saturated carbocycles. The summed E-state index contributed by atoms with van der Waals surface area (Å²) in [5, 5.41) is 0.143. The third kappa shape index (κ3) is 2.09. The standard InChI is InChI=1S/C12H16ClFN2/c1-2-8-3-4-16(7-8)12-5-9(13)10(14)6-11(12)15/h5-6,8H,2-4,7,15H2,1H3. The molecule has 1 aliphatic rings. The quantitative estimate of drug-likeness (QED) is 0.807. The Hall–Kier alpha value is -0.960. The van der Waals surface area contributed by atoms with Crippen molar-refractivity contribution in [1.82, 2.24) is 0 Å². The normalized spacial score (nSPS) is 20.4. The fourth-order valence-electron chi connectivity index (χ4n) is 2.21. The molecule has 4 heteroatoms. The molecule has 1 aromatic rings. The van der Waals surface area contributed by atoms with Crippen LogP contribution in [0.5, 0.6) is 0 Å². The molecule has 1 unspecified atom stereocenters. The summed E-state index contributed by atoms with van der Waals surface area (Å²) in [6.45, 7) is 4.16. The van der Waals surface area contributed by atoms with Crippen molar-refractivity contribution in [3.63, 3.8) is 0 Å². The third-order valence-corrected chi connectivity index (χ3v) is 3.56. The Morgan fingerprint density at radius 1 is 1.56 bits per heavy atom. The summed E-state index contributed by atoms with van der Waals surface area (Å²) >= 11 is 5.78. The number of benzene rings is 1.